The molecule has 0 unspecified atom stereocenters. The Morgan fingerprint density at radius 3 is 2.76 bits per heavy atom. The van der Waals surface area contributed by atoms with Gasteiger partial charge >= 0.3 is 0 Å². The first-order valence-electron chi connectivity index (χ1n) is 4.72. The van der Waals surface area contributed by atoms with E-state index in [4.69, 9.17) is 10.3 Å². The predicted octanol–water partition coefficient (Wildman–Crippen LogP) is 2.90. The second kappa shape index (κ2) is 4.89. The number of halogens is 3. The van der Waals surface area contributed by atoms with Crippen LogP contribution in [-0.4, -0.2) is 10.1 Å². The van der Waals surface area contributed by atoms with Crippen molar-refractivity contribution in [2.24, 2.45) is 5.73 Å². The van der Waals surface area contributed by atoms with E-state index in [1.165, 1.54) is 18.2 Å². The molecule has 0 atom stereocenters. The summed E-state index contributed by atoms with van der Waals surface area (Å²) in [5.74, 6) is 0.322. The molecule has 2 N–H and O–H groups in total. The zero-order valence-corrected chi connectivity index (χ0v) is 10.1. The molecule has 0 bridgehead atoms. The topological polar surface area (TPSA) is 64.9 Å². The van der Waals surface area contributed by atoms with Gasteiger partial charge in [-0.1, -0.05) is 27.2 Å². The van der Waals surface area contributed by atoms with E-state index in [-0.39, 0.29) is 29.4 Å². The number of rotatable bonds is 3. The normalized spacial score (nSPS) is 11.1. The fraction of sp³-hybridized carbons (Fsp3) is 0.200. The molecule has 0 amide bonds. The molecule has 0 fully saturated rings. The third-order valence-electron chi connectivity index (χ3n) is 2.13. The Labute approximate surface area is 104 Å². The van der Waals surface area contributed by atoms with Gasteiger partial charge < -0.3 is 10.3 Å². The molecule has 0 aliphatic rings. The molecule has 2 rings (SSSR count). The molecule has 0 radical (unpaired) electrons. The molecule has 1 aromatic heterocycles. The van der Waals surface area contributed by atoms with Gasteiger partial charge in [-0.2, -0.15) is 4.98 Å². The summed E-state index contributed by atoms with van der Waals surface area (Å²) in [6.45, 7) is 0.0744. The number of nitrogens with zero attached hydrogens (tertiary/aromatic N) is 2. The first-order chi connectivity index (χ1) is 8.11. The molecule has 90 valence electrons. The lowest BCUT2D eigenvalue weighted by molar-refractivity contribution is 0.152. The highest BCUT2D eigenvalue weighted by atomic mass is 79.9. The first kappa shape index (κ1) is 12.1. The van der Waals surface area contributed by atoms with E-state index >= 15 is 0 Å². The average Bonchev–Trinajstić information content (AvgIpc) is 2.76. The number of alkyl halides is 2. The highest BCUT2D eigenvalue weighted by Gasteiger charge is 2.18. The van der Waals surface area contributed by atoms with Gasteiger partial charge in [-0.3, -0.25) is 0 Å². The van der Waals surface area contributed by atoms with E-state index in [1.54, 1.807) is 0 Å². The highest BCUT2D eigenvalue weighted by molar-refractivity contribution is 9.10. The van der Waals surface area contributed by atoms with E-state index in [0.717, 1.165) is 0 Å². The quantitative estimate of drug-likeness (QED) is 0.947. The maximum atomic E-state index is 12.8. The number of benzene rings is 1. The largest absolute Gasteiger partial charge is 0.338 e. The Morgan fingerprint density at radius 2 is 2.18 bits per heavy atom. The van der Waals surface area contributed by atoms with Gasteiger partial charge in [-0.25, -0.2) is 8.78 Å². The van der Waals surface area contributed by atoms with Gasteiger partial charge in [0.05, 0.1) is 6.54 Å². The lowest BCUT2D eigenvalue weighted by Gasteiger charge is -2.05. The highest BCUT2D eigenvalue weighted by Crippen LogP contribution is 2.31. The third-order valence-corrected chi connectivity index (χ3v) is 2.63. The van der Waals surface area contributed by atoms with Crippen LogP contribution in [0.25, 0.3) is 11.4 Å². The third kappa shape index (κ3) is 2.50. The minimum absolute atomic E-state index is 0.0744. The zero-order valence-electron chi connectivity index (χ0n) is 8.53. The summed E-state index contributed by atoms with van der Waals surface area (Å²) in [6.07, 6.45) is -2.60. The SMILES string of the molecule is NCc1nc(-c2cc(Br)ccc2C(F)F)no1. The van der Waals surface area contributed by atoms with Crippen LogP contribution in [0.15, 0.2) is 27.2 Å². The minimum atomic E-state index is -2.60. The van der Waals surface area contributed by atoms with Crippen LogP contribution >= 0.6 is 15.9 Å². The maximum absolute atomic E-state index is 12.8. The van der Waals surface area contributed by atoms with Gasteiger partial charge in [-0.05, 0) is 12.1 Å². The number of hydrogen-bond donors (Lipinski definition) is 1. The first-order valence-corrected chi connectivity index (χ1v) is 5.51. The summed E-state index contributed by atoms with van der Waals surface area (Å²) in [7, 11) is 0. The molecule has 0 spiro atoms. The van der Waals surface area contributed by atoms with Crippen molar-refractivity contribution < 1.29 is 13.3 Å². The van der Waals surface area contributed by atoms with Crippen LogP contribution in [0, 0.1) is 0 Å². The summed E-state index contributed by atoms with van der Waals surface area (Å²) in [4.78, 5) is 3.93. The molecule has 1 heterocycles. The molecule has 0 saturated heterocycles. The molecular weight excluding hydrogens is 296 g/mol. The van der Waals surface area contributed by atoms with E-state index in [1.807, 2.05) is 0 Å². The Hall–Kier alpha value is -1.34. The molecule has 17 heavy (non-hydrogen) atoms. The monoisotopic (exact) mass is 303 g/mol. The van der Waals surface area contributed by atoms with Crippen molar-refractivity contribution in [1.29, 1.82) is 0 Å². The van der Waals surface area contributed by atoms with Gasteiger partial charge in [0.25, 0.3) is 6.43 Å². The van der Waals surface area contributed by atoms with Crippen LogP contribution in [0.2, 0.25) is 0 Å². The molecule has 0 aliphatic carbocycles. The fourth-order valence-corrected chi connectivity index (χ4v) is 1.72. The lowest BCUT2D eigenvalue weighted by Crippen LogP contribution is -1.96. The van der Waals surface area contributed by atoms with Crippen LogP contribution in [0.1, 0.15) is 17.9 Å². The molecule has 1 aromatic carbocycles. The van der Waals surface area contributed by atoms with E-state index in [2.05, 4.69) is 26.1 Å². The summed E-state index contributed by atoms with van der Waals surface area (Å²) in [5.41, 5.74) is 5.41. The average molecular weight is 304 g/mol. The molecule has 7 heteroatoms. The molecule has 0 aliphatic heterocycles. The molecule has 4 nitrogen and oxygen atoms in total. The number of aromatic nitrogens is 2. The second-order valence-electron chi connectivity index (χ2n) is 3.25. The van der Waals surface area contributed by atoms with Crippen LogP contribution in [0.3, 0.4) is 0 Å². The van der Waals surface area contributed by atoms with Crippen molar-refractivity contribution in [3.8, 4) is 11.4 Å². The van der Waals surface area contributed by atoms with Crippen LogP contribution in [0.4, 0.5) is 8.78 Å². The molecular formula is C10H8BrF2N3O. The van der Waals surface area contributed by atoms with Crippen molar-refractivity contribution in [2.45, 2.75) is 13.0 Å². The maximum Gasteiger partial charge on any atom is 0.264 e. The Balaban J connectivity index is 2.52. The Kier molecular flexibility index (Phi) is 3.49. The van der Waals surface area contributed by atoms with E-state index in [0.29, 0.717) is 4.47 Å². The zero-order chi connectivity index (χ0) is 12.4. The van der Waals surface area contributed by atoms with Gasteiger partial charge in [0.2, 0.25) is 11.7 Å². The van der Waals surface area contributed by atoms with Crippen LogP contribution in [0.5, 0.6) is 0 Å². The van der Waals surface area contributed by atoms with E-state index in [9.17, 15) is 8.78 Å². The van der Waals surface area contributed by atoms with Crippen molar-refractivity contribution in [2.75, 3.05) is 0 Å². The van der Waals surface area contributed by atoms with Gasteiger partial charge in [0, 0.05) is 15.6 Å². The molecule has 2 aromatic rings. The minimum Gasteiger partial charge on any atom is -0.338 e. The fourth-order valence-electron chi connectivity index (χ4n) is 1.36. The lowest BCUT2D eigenvalue weighted by atomic mass is 10.1. The predicted molar refractivity (Wildman–Crippen MR) is 60.3 cm³/mol. The van der Waals surface area contributed by atoms with Crippen LogP contribution < -0.4 is 5.73 Å². The summed E-state index contributed by atoms with van der Waals surface area (Å²) in [5, 5.41) is 3.62. The number of nitrogens with two attached hydrogens (primary N) is 1. The Morgan fingerprint density at radius 1 is 1.41 bits per heavy atom. The van der Waals surface area contributed by atoms with Crippen LogP contribution in [-0.2, 0) is 6.54 Å². The summed E-state index contributed by atoms with van der Waals surface area (Å²) < 4.78 is 31.1. The molecule has 0 saturated carbocycles. The van der Waals surface area contributed by atoms with Gasteiger partial charge in [0.15, 0.2) is 0 Å². The number of hydrogen-bond acceptors (Lipinski definition) is 4. The summed E-state index contributed by atoms with van der Waals surface area (Å²) in [6, 6.07) is 4.38. The van der Waals surface area contributed by atoms with Gasteiger partial charge in [-0.15, -0.1) is 0 Å². The van der Waals surface area contributed by atoms with Crippen molar-refractivity contribution in [3.63, 3.8) is 0 Å². The smallest absolute Gasteiger partial charge is 0.264 e. The van der Waals surface area contributed by atoms with Crippen molar-refractivity contribution >= 4 is 15.9 Å². The van der Waals surface area contributed by atoms with Crippen molar-refractivity contribution in [3.05, 3.63) is 34.1 Å². The summed E-state index contributed by atoms with van der Waals surface area (Å²) >= 11 is 3.21. The Bertz CT molecular complexity index is 530. The van der Waals surface area contributed by atoms with Crippen molar-refractivity contribution in [1.82, 2.24) is 10.1 Å². The van der Waals surface area contributed by atoms with E-state index < -0.39 is 6.43 Å². The van der Waals surface area contributed by atoms with Gasteiger partial charge in [0.1, 0.15) is 0 Å². The standard InChI is InChI=1S/C10H8BrF2N3O/c11-5-1-2-6(9(12)13)7(3-5)10-15-8(4-14)17-16-10/h1-3,9H,4,14H2. The second-order valence-corrected chi connectivity index (χ2v) is 4.16.